The molecule has 0 aliphatic carbocycles. The molecule has 4 atom stereocenters. The highest BCUT2D eigenvalue weighted by Crippen LogP contribution is 2.26. The molecule has 5 heteroatoms. The Morgan fingerprint density at radius 1 is 0.929 bits per heavy atom. The van der Waals surface area contributed by atoms with Crippen molar-refractivity contribution in [3.05, 3.63) is 0 Å². The minimum atomic E-state index is -0.384. The predicted octanol–water partition coefficient (Wildman–Crippen LogP) is 0.0341. The molecule has 0 N–H and O–H groups in total. The number of hydrogen-bond donors (Lipinski definition) is 0. The van der Waals surface area contributed by atoms with E-state index in [1.807, 2.05) is 0 Å². The lowest BCUT2D eigenvalue weighted by atomic mass is 10.1. The second kappa shape index (κ2) is 5.63. The molecule has 0 amide bonds. The molecule has 1 heterocycles. The topological polar surface area (TPSA) is 46.2 Å². The van der Waals surface area contributed by atoms with Crippen LogP contribution in [0.3, 0.4) is 0 Å². The van der Waals surface area contributed by atoms with Crippen molar-refractivity contribution in [2.75, 3.05) is 35.0 Å². The Morgan fingerprint density at radius 3 is 2.00 bits per heavy atom. The fraction of sp³-hybridized carbons (Fsp3) is 1.00. The summed E-state index contributed by atoms with van der Waals surface area (Å²) < 4.78 is 26.3. The van der Waals surface area contributed by atoms with Crippen molar-refractivity contribution in [3.8, 4) is 0 Å². The molecule has 1 aliphatic rings. The highest BCUT2D eigenvalue weighted by molar-refractivity contribution is 4.88. The van der Waals surface area contributed by atoms with Crippen molar-refractivity contribution < 1.29 is 23.7 Å². The quantitative estimate of drug-likeness (QED) is 0.635. The highest BCUT2D eigenvalue weighted by Gasteiger charge is 2.45. The maximum atomic E-state index is 5.56. The molecule has 1 aliphatic heterocycles. The fourth-order valence-corrected chi connectivity index (χ4v) is 1.71. The maximum Gasteiger partial charge on any atom is 0.186 e. The van der Waals surface area contributed by atoms with Crippen LogP contribution in [0.5, 0.6) is 0 Å². The third-order valence-electron chi connectivity index (χ3n) is 2.37. The third kappa shape index (κ3) is 2.24. The highest BCUT2D eigenvalue weighted by atomic mass is 16.7. The molecule has 0 spiro atoms. The lowest BCUT2D eigenvalue weighted by molar-refractivity contribution is -0.160. The summed E-state index contributed by atoms with van der Waals surface area (Å²) in [5, 5.41) is 0. The van der Waals surface area contributed by atoms with Crippen LogP contribution in [0.2, 0.25) is 0 Å². The van der Waals surface area contributed by atoms with Crippen LogP contribution in [0.25, 0.3) is 0 Å². The van der Waals surface area contributed by atoms with Gasteiger partial charge in [-0.25, -0.2) is 0 Å². The Kier molecular flexibility index (Phi) is 4.77. The van der Waals surface area contributed by atoms with Crippen molar-refractivity contribution >= 4 is 0 Å². The zero-order valence-corrected chi connectivity index (χ0v) is 9.06. The van der Waals surface area contributed by atoms with Crippen LogP contribution in [0.4, 0.5) is 0 Å². The van der Waals surface area contributed by atoms with Gasteiger partial charge in [0.15, 0.2) is 6.29 Å². The van der Waals surface area contributed by atoms with E-state index in [0.29, 0.717) is 6.61 Å². The van der Waals surface area contributed by atoms with Crippen LogP contribution < -0.4 is 0 Å². The van der Waals surface area contributed by atoms with Gasteiger partial charge in [-0.15, -0.1) is 0 Å². The number of ether oxygens (including phenoxy) is 5. The second-order valence-corrected chi connectivity index (χ2v) is 3.13. The largest absolute Gasteiger partial charge is 0.382 e. The molecule has 0 saturated carbocycles. The SMILES string of the molecule is COC[C@H]1O[C@H](OC)[C@H](OC)[C@H]1OC. The minimum absolute atomic E-state index is 0.139. The van der Waals surface area contributed by atoms with E-state index in [9.17, 15) is 0 Å². The Hall–Kier alpha value is -0.200. The lowest BCUT2D eigenvalue weighted by Crippen LogP contribution is -2.37. The van der Waals surface area contributed by atoms with Gasteiger partial charge in [0, 0.05) is 28.4 Å². The second-order valence-electron chi connectivity index (χ2n) is 3.13. The zero-order valence-electron chi connectivity index (χ0n) is 9.06. The number of hydrogen-bond acceptors (Lipinski definition) is 5. The Balaban J connectivity index is 2.62. The summed E-state index contributed by atoms with van der Waals surface area (Å²) in [4.78, 5) is 0. The third-order valence-corrected chi connectivity index (χ3v) is 2.37. The number of methoxy groups -OCH3 is 4. The molecule has 0 radical (unpaired) electrons. The molecule has 84 valence electrons. The summed E-state index contributed by atoms with van der Waals surface area (Å²) in [6.07, 6.45) is -0.875. The fourth-order valence-electron chi connectivity index (χ4n) is 1.71. The van der Waals surface area contributed by atoms with E-state index in [1.54, 1.807) is 28.4 Å². The van der Waals surface area contributed by atoms with E-state index < -0.39 is 0 Å². The van der Waals surface area contributed by atoms with Gasteiger partial charge in [0.1, 0.15) is 18.3 Å². The first-order valence-corrected chi connectivity index (χ1v) is 4.51. The van der Waals surface area contributed by atoms with Gasteiger partial charge < -0.3 is 23.7 Å². The van der Waals surface area contributed by atoms with Crippen LogP contribution in [0.15, 0.2) is 0 Å². The van der Waals surface area contributed by atoms with Crippen LogP contribution in [-0.4, -0.2) is 59.6 Å². The summed E-state index contributed by atoms with van der Waals surface area (Å²) in [5.74, 6) is 0. The van der Waals surface area contributed by atoms with Crippen LogP contribution in [0.1, 0.15) is 0 Å². The van der Waals surface area contributed by atoms with Crippen LogP contribution in [0, 0.1) is 0 Å². The molecule has 0 aromatic heterocycles. The van der Waals surface area contributed by atoms with Gasteiger partial charge in [-0.1, -0.05) is 0 Å². The van der Waals surface area contributed by atoms with E-state index in [-0.39, 0.29) is 24.6 Å². The molecule has 0 bridgehead atoms. The summed E-state index contributed by atoms with van der Waals surface area (Å²) in [6.45, 7) is 0.470. The minimum Gasteiger partial charge on any atom is -0.382 e. The van der Waals surface area contributed by atoms with Crippen LogP contribution >= 0.6 is 0 Å². The van der Waals surface area contributed by atoms with Crippen LogP contribution in [-0.2, 0) is 23.7 Å². The first-order chi connectivity index (χ1) is 6.78. The monoisotopic (exact) mass is 206 g/mol. The average molecular weight is 206 g/mol. The van der Waals surface area contributed by atoms with E-state index >= 15 is 0 Å². The summed E-state index contributed by atoms with van der Waals surface area (Å²) >= 11 is 0. The molecule has 5 nitrogen and oxygen atoms in total. The molecule has 0 aromatic rings. The standard InChI is InChI=1S/C9H18O5/c1-10-5-6-7(11-2)8(12-3)9(13-4)14-6/h6-9H,5H2,1-4H3/t6-,7+,8-,9+/m1/s1. The van der Waals surface area contributed by atoms with Crippen molar-refractivity contribution in [1.82, 2.24) is 0 Å². The molecule has 1 fully saturated rings. The van der Waals surface area contributed by atoms with E-state index in [1.165, 1.54) is 0 Å². The summed E-state index contributed by atoms with van der Waals surface area (Å²) in [5.41, 5.74) is 0. The van der Waals surface area contributed by atoms with Crippen molar-refractivity contribution in [3.63, 3.8) is 0 Å². The average Bonchev–Trinajstić information content (AvgIpc) is 2.55. The Labute approximate surface area is 84.2 Å². The van der Waals surface area contributed by atoms with Gasteiger partial charge in [0.05, 0.1) is 6.61 Å². The van der Waals surface area contributed by atoms with Gasteiger partial charge in [-0.05, 0) is 0 Å². The molecule has 1 rings (SSSR count). The van der Waals surface area contributed by atoms with Crippen molar-refractivity contribution in [2.45, 2.75) is 24.6 Å². The van der Waals surface area contributed by atoms with Crippen molar-refractivity contribution in [2.24, 2.45) is 0 Å². The molecular formula is C9H18O5. The molecule has 14 heavy (non-hydrogen) atoms. The Bertz CT molecular complexity index is 163. The zero-order chi connectivity index (χ0) is 10.6. The summed E-state index contributed by atoms with van der Waals surface area (Å²) in [6, 6.07) is 0. The number of rotatable bonds is 5. The van der Waals surface area contributed by atoms with E-state index in [4.69, 9.17) is 23.7 Å². The Morgan fingerprint density at radius 2 is 1.57 bits per heavy atom. The molecular weight excluding hydrogens is 188 g/mol. The smallest absolute Gasteiger partial charge is 0.186 e. The lowest BCUT2D eigenvalue weighted by Gasteiger charge is -2.20. The summed E-state index contributed by atoms with van der Waals surface area (Å²) in [7, 11) is 6.44. The van der Waals surface area contributed by atoms with Gasteiger partial charge in [-0.3, -0.25) is 0 Å². The van der Waals surface area contributed by atoms with Gasteiger partial charge in [0.25, 0.3) is 0 Å². The van der Waals surface area contributed by atoms with E-state index in [0.717, 1.165) is 0 Å². The van der Waals surface area contributed by atoms with E-state index in [2.05, 4.69) is 0 Å². The van der Waals surface area contributed by atoms with Gasteiger partial charge in [-0.2, -0.15) is 0 Å². The predicted molar refractivity (Wildman–Crippen MR) is 49.1 cm³/mol. The molecule has 0 aromatic carbocycles. The normalized spacial score (nSPS) is 37.7. The first kappa shape index (κ1) is 11.9. The molecule has 0 unspecified atom stereocenters. The maximum absolute atomic E-state index is 5.56. The van der Waals surface area contributed by atoms with Gasteiger partial charge in [0.2, 0.25) is 0 Å². The van der Waals surface area contributed by atoms with Crippen molar-refractivity contribution in [1.29, 1.82) is 0 Å². The van der Waals surface area contributed by atoms with Gasteiger partial charge >= 0.3 is 0 Å². The first-order valence-electron chi connectivity index (χ1n) is 4.51. The molecule has 1 saturated heterocycles.